The van der Waals surface area contributed by atoms with Crippen LogP contribution in [0, 0.1) is 35.5 Å². The van der Waals surface area contributed by atoms with Crippen LogP contribution >= 0.6 is 0 Å². The Morgan fingerprint density at radius 2 is 1.39 bits per heavy atom. The molecule has 18 heavy (non-hydrogen) atoms. The van der Waals surface area contributed by atoms with Gasteiger partial charge >= 0.3 is 0 Å². The maximum atomic E-state index is 11.7. The van der Waals surface area contributed by atoms with Crippen molar-refractivity contribution in [2.75, 3.05) is 0 Å². The van der Waals surface area contributed by atoms with E-state index in [1.165, 1.54) is 51.4 Å². The summed E-state index contributed by atoms with van der Waals surface area (Å²) >= 11 is 0. The van der Waals surface area contributed by atoms with Crippen LogP contribution in [-0.4, -0.2) is 5.78 Å². The van der Waals surface area contributed by atoms with E-state index < -0.39 is 0 Å². The van der Waals surface area contributed by atoms with Gasteiger partial charge in [0.05, 0.1) is 0 Å². The third kappa shape index (κ3) is 1.69. The summed E-state index contributed by atoms with van der Waals surface area (Å²) in [6.45, 7) is 0. The number of carbonyl (C=O) groups is 1. The van der Waals surface area contributed by atoms with Crippen LogP contribution in [0.2, 0.25) is 0 Å². The average molecular weight is 246 g/mol. The molecule has 0 aromatic carbocycles. The van der Waals surface area contributed by atoms with Crippen LogP contribution in [0.3, 0.4) is 0 Å². The van der Waals surface area contributed by atoms with Crippen molar-refractivity contribution >= 4 is 5.78 Å². The van der Waals surface area contributed by atoms with Crippen molar-refractivity contribution in [3.63, 3.8) is 0 Å². The first kappa shape index (κ1) is 11.5. The largest absolute Gasteiger partial charge is 0.300 e. The molecule has 4 fully saturated rings. The molecular weight excluding hydrogens is 220 g/mol. The van der Waals surface area contributed by atoms with Gasteiger partial charge in [0.15, 0.2) is 0 Å². The molecule has 0 aromatic rings. The van der Waals surface area contributed by atoms with E-state index in [1.54, 1.807) is 0 Å². The third-order valence-corrected chi connectivity index (χ3v) is 6.96. The summed E-state index contributed by atoms with van der Waals surface area (Å²) in [5.41, 5.74) is 0. The summed E-state index contributed by atoms with van der Waals surface area (Å²) in [4.78, 5) is 11.7. The monoisotopic (exact) mass is 246 g/mol. The molecule has 5 unspecified atom stereocenters. The molecule has 0 heterocycles. The van der Waals surface area contributed by atoms with Gasteiger partial charge in [0.2, 0.25) is 0 Å². The normalized spacial score (nSPS) is 51.4. The molecule has 4 saturated carbocycles. The van der Waals surface area contributed by atoms with Crippen molar-refractivity contribution in [1.82, 2.24) is 0 Å². The van der Waals surface area contributed by atoms with Crippen LogP contribution in [0.25, 0.3) is 0 Å². The Morgan fingerprint density at radius 1 is 0.667 bits per heavy atom. The Bertz CT molecular complexity index is 348. The van der Waals surface area contributed by atoms with E-state index in [2.05, 4.69) is 0 Å². The van der Waals surface area contributed by atoms with Gasteiger partial charge in [-0.25, -0.2) is 0 Å². The zero-order valence-corrected chi connectivity index (χ0v) is 11.4. The van der Waals surface area contributed by atoms with Gasteiger partial charge in [-0.3, -0.25) is 4.79 Å². The van der Waals surface area contributed by atoms with Crippen LogP contribution in [-0.2, 0) is 4.79 Å². The fourth-order valence-corrected chi connectivity index (χ4v) is 6.28. The van der Waals surface area contributed by atoms with Crippen molar-refractivity contribution in [3.8, 4) is 0 Å². The number of ketones is 1. The van der Waals surface area contributed by atoms with Crippen molar-refractivity contribution in [2.24, 2.45) is 35.5 Å². The number of fused-ring (bicyclic) bond motifs is 5. The fourth-order valence-electron chi connectivity index (χ4n) is 6.28. The van der Waals surface area contributed by atoms with Gasteiger partial charge in [-0.15, -0.1) is 0 Å². The number of hydrogen-bond donors (Lipinski definition) is 0. The minimum Gasteiger partial charge on any atom is -0.300 e. The van der Waals surface area contributed by atoms with Gasteiger partial charge in [-0.2, -0.15) is 0 Å². The quantitative estimate of drug-likeness (QED) is 0.626. The van der Waals surface area contributed by atoms with E-state index in [1.807, 2.05) is 0 Å². The van der Waals surface area contributed by atoms with Crippen molar-refractivity contribution < 1.29 is 4.79 Å². The molecule has 4 aliphatic carbocycles. The Balaban J connectivity index is 1.55. The highest BCUT2D eigenvalue weighted by Gasteiger charge is 2.49. The van der Waals surface area contributed by atoms with E-state index in [4.69, 9.17) is 0 Å². The lowest BCUT2D eigenvalue weighted by Crippen LogP contribution is -2.44. The van der Waals surface area contributed by atoms with Gasteiger partial charge in [0, 0.05) is 12.8 Å². The Morgan fingerprint density at radius 3 is 2.22 bits per heavy atom. The van der Waals surface area contributed by atoms with Gasteiger partial charge in [0.1, 0.15) is 5.78 Å². The molecule has 0 saturated heterocycles. The lowest BCUT2D eigenvalue weighted by atomic mass is 9.54. The molecule has 0 aromatic heterocycles. The highest BCUT2D eigenvalue weighted by molar-refractivity contribution is 5.79. The topological polar surface area (TPSA) is 17.1 Å². The molecule has 4 aliphatic rings. The minimum atomic E-state index is 0.559. The summed E-state index contributed by atoms with van der Waals surface area (Å²) in [7, 11) is 0. The highest BCUT2D eigenvalue weighted by atomic mass is 16.1. The van der Waals surface area contributed by atoms with Crippen molar-refractivity contribution in [3.05, 3.63) is 0 Å². The minimum absolute atomic E-state index is 0.559. The standard InChI is InChI=1S/C17H26O/c18-13-6-9-15-12(10-13)5-8-16-14-3-1-2-11(14)4-7-17(15)16/h11-12,14-17H,1-10H2/t11?,12?,14-,15?,16?,17?/m1/s1. The SMILES string of the molecule is O=C1CCC2C(CCC3C2CCC2CCC[C@H]23)C1. The fraction of sp³-hybridized carbons (Fsp3) is 0.941. The molecule has 0 radical (unpaired) electrons. The van der Waals surface area contributed by atoms with E-state index >= 15 is 0 Å². The van der Waals surface area contributed by atoms with Crippen molar-refractivity contribution in [2.45, 2.75) is 64.2 Å². The smallest absolute Gasteiger partial charge is 0.133 e. The predicted molar refractivity (Wildman–Crippen MR) is 72.1 cm³/mol. The molecule has 0 amide bonds. The molecule has 0 N–H and O–H groups in total. The average Bonchev–Trinajstić information content (AvgIpc) is 2.86. The van der Waals surface area contributed by atoms with E-state index in [-0.39, 0.29) is 0 Å². The van der Waals surface area contributed by atoms with Gasteiger partial charge < -0.3 is 0 Å². The highest BCUT2D eigenvalue weighted by Crippen LogP contribution is 2.57. The molecule has 1 nitrogen and oxygen atoms in total. The number of rotatable bonds is 0. The van der Waals surface area contributed by atoms with E-state index in [0.717, 1.165) is 48.3 Å². The number of carbonyl (C=O) groups excluding carboxylic acids is 1. The summed E-state index contributed by atoms with van der Waals surface area (Å²) in [6.07, 6.45) is 13.5. The lowest BCUT2D eigenvalue weighted by molar-refractivity contribution is -0.126. The number of hydrogen-bond acceptors (Lipinski definition) is 1. The maximum Gasteiger partial charge on any atom is 0.133 e. The molecule has 1 heteroatoms. The molecule has 100 valence electrons. The summed E-state index contributed by atoms with van der Waals surface area (Å²) in [6, 6.07) is 0. The molecule has 6 atom stereocenters. The van der Waals surface area contributed by atoms with E-state index in [9.17, 15) is 4.79 Å². The van der Waals surface area contributed by atoms with Crippen LogP contribution in [0.15, 0.2) is 0 Å². The summed E-state index contributed by atoms with van der Waals surface area (Å²) in [5.74, 6) is 6.52. The van der Waals surface area contributed by atoms with E-state index in [0.29, 0.717) is 5.78 Å². The zero-order valence-electron chi connectivity index (χ0n) is 11.4. The first-order valence-electron chi connectivity index (χ1n) is 8.34. The first-order valence-corrected chi connectivity index (χ1v) is 8.34. The van der Waals surface area contributed by atoms with Gasteiger partial charge in [-0.05, 0) is 74.0 Å². The van der Waals surface area contributed by atoms with Crippen LogP contribution in [0.1, 0.15) is 64.2 Å². The second-order valence-corrected chi connectivity index (χ2v) is 7.54. The second-order valence-electron chi connectivity index (χ2n) is 7.54. The molecule has 0 aliphatic heterocycles. The Labute approximate surface area is 111 Å². The number of Topliss-reactive ketones (excluding diaryl/α,β-unsaturated/α-hetero) is 1. The molecule has 0 spiro atoms. The summed E-state index contributed by atoms with van der Waals surface area (Å²) < 4.78 is 0. The maximum absolute atomic E-state index is 11.7. The Hall–Kier alpha value is -0.330. The van der Waals surface area contributed by atoms with Crippen LogP contribution in [0.5, 0.6) is 0 Å². The second kappa shape index (κ2) is 4.35. The molecular formula is C17H26O. The third-order valence-electron chi connectivity index (χ3n) is 6.96. The lowest BCUT2D eigenvalue weighted by Gasteiger charge is -2.51. The Kier molecular flexibility index (Phi) is 2.78. The van der Waals surface area contributed by atoms with Gasteiger partial charge in [0.25, 0.3) is 0 Å². The molecule has 0 bridgehead atoms. The first-order chi connectivity index (χ1) is 8.83. The molecule has 4 rings (SSSR count). The van der Waals surface area contributed by atoms with Crippen LogP contribution in [0.4, 0.5) is 0 Å². The summed E-state index contributed by atoms with van der Waals surface area (Å²) in [5, 5.41) is 0. The van der Waals surface area contributed by atoms with Gasteiger partial charge in [-0.1, -0.05) is 12.8 Å². The van der Waals surface area contributed by atoms with Crippen LogP contribution < -0.4 is 0 Å². The predicted octanol–water partition coefficient (Wildman–Crippen LogP) is 4.21. The zero-order chi connectivity index (χ0) is 12.1. The van der Waals surface area contributed by atoms with Crippen molar-refractivity contribution in [1.29, 1.82) is 0 Å².